The van der Waals surface area contributed by atoms with Crippen molar-refractivity contribution in [1.82, 2.24) is 15.2 Å². The van der Waals surface area contributed by atoms with Gasteiger partial charge in [-0.15, -0.1) is 0 Å². The van der Waals surface area contributed by atoms with Gasteiger partial charge in [-0.1, -0.05) is 49.4 Å². The standard InChI is InChI=1S/C32H35N5O3/c1-22(24-9-7-23(19-33)8-10-24)20-35-30(25-5-3-2-4-6-25)31(38)36-29-14-13-28(21-34-29)40-27-15-17-37(18-16-27)32(39)26-11-12-26/h2-10,13-14,21-22,26-27,30,35H,11-12,15-18,20H2,1H3,(H,34,36,38)/t22-,30+/m1/s1. The van der Waals surface area contributed by atoms with Gasteiger partial charge in [0, 0.05) is 38.4 Å². The molecule has 40 heavy (non-hydrogen) atoms. The predicted octanol–water partition coefficient (Wildman–Crippen LogP) is 4.81. The van der Waals surface area contributed by atoms with E-state index in [2.05, 4.69) is 28.6 Å². The number of rotatable bonds is 10. The summed E-state index contributed by atoms with van der Waals surface area (Å²) in [4.78, 5) is 32.0. The van der Waals surface area contributed by atoms with Crippen molar-refractivity contribution in [3.05, 3.63) is 89.6 Å². The number of nitrogens with one attached hydrogen (secondary N) is 2. The SMILES string of the molecule is C[C@H](CN[C@H](C(=O)Nc1ccc(OC2CCN(C(=O)C3CC3)CC2)cn1)c1ccccc1)c1ccc(C#N)cc1. The summed E-state index contributed by atoms with van der Waals surface area (Å²) in [6.07, 6.45) is 5.36. The van der Waals surface area contributed by atoms with Crippen LogP contribution >= 0.6 is 0 Å². The van der Waals surface area contributed by atoms with Crippen molar-refractivity contribution in [3.8, 4) is 11.8 Å². The van der Waals surface area contributed by atoms with E-state index in [0.717, 1.165) is 49.9 Å². The Morgan fingerprint density at radius 2 is 1.73 bits per heavy atom. The number of benzene rings is 2. The molecule has 8 nitrogen and oxygen atoms in total. The summed E-state index contributed by atoms with van der Waals surface area (Å²) in [5.74, 6) is 1.59. The fraction of sp³-hybridized carbons (Fsp3) is 0.375. The van der Waals surface area contributed by atoms with Crippen molar-refractivity contribution in [2.45, 2.75) is 50.7 Å². The van der Waals surface area contributed by atoms with E-state index < -0.39 is 6.04 Å². The summed E-state index contributed by atoms with van der Waals surface area (Å²) in [5, 5.41) is 15.4. The van der Waals surface area contributed by atoms with Gasteiger partial charge in [0.05, 0.1) is 17.8 Å². The molecule has 2 heterocycles. The quantitative estimate of drug-likeness (QED) is 0.385. The highest BCUT2D eigenvalue weighted by molar-refractivity contribution is 5.94. The highest BCUT2D eigenvalue weighted by Crippen LogP contribution is 2.32. The average molecular weight is 538 g/mol. The van der Waals surface area contributed by atoms with E-state index in [9.17, 15) is 9.59 Å². The highest BCUT2D eigenvalue weighted by Gasteiger charge is 2.35. The lowest BCUT2D eigenvalue weighted by Gasteiger charge is -2.32. The Morgan fingerprint density at radius 3 is 2.35 bits per heavy atom. The second-order valence-electron chi connectivity index (χ2n) is 10.7. The van der Waals surface area contributed by atoms with Crippen LogP contribution in [0.5, 0.6) is 5.75 Å². The second-order valence-corrected chi connectivity index (χ2v) is 10.7. The number of pyridine rings is 1. The van der Waals surface area contributed by atoms with Gasteiger partial charge in [-0.05, 0) is 54.2 Å². The zero-order valence-electron chi connectivity index (χ0n) is 22.8. The molecule has 0 spiro atoms. The Hall–Kier alpha value is -4.22. The molecule has 2 fully saturated rings. The van der Waals surface area contributed by atoms with Gasteiger partial charge in [-0.25, -0.2) is 4.98 Å². The predicted molar refractivity (Wildman–Crippen MR) is 153 cm³/mol. The lowest BCUT2D eigenvalue weighted by atomic mass is 9.98. The van der Waals surface area contributed by atoms with Gasteiger partial charge in [0.1, 0.15) is 23.7 Å². The van der Waals surface area contributed by atoms with Crippen LogP contribution in [0.2, 0.25) is 0 Å². The fourth-order valence-electron chi connectivity index (χ4n) is 5.00. The minimum Gasteiger partial charge on any atom is -0.489 e. The zero-order valence-corrected chi connectivity index (χ0v) is 22.8. The van der Waals surface area contributed by atoms with Gasteiger partial charge in [0.25, 0.3) is 0 Å². The van der Waals surface area contributed by atoms with Crippen LogP contribution in [-0.4, -0.2) is 47.4 Å². The molecule has 3 aromatic rings. The molecular weight excluding hydrogens is 502 g/mol. The molecular formula is C32H35N5O3. The molecule has 8 heteroatoms. The summed E-state index contributed by atoms with van der Waals surface area (Å²) in [7, 11) is 0. The van der Waals surface area contributed by atoms with Crippen LogP contribution < -0.4 is 15.4 Å². The number of anilines is 1. The summed E-state index contributed by atoms with van der Waals surface area (Å²) in [6.45, 7) is 4.13. The Labute approximate surface area is 235 Å². The number of carbonyl (C=O) groups is 2. The Kier molecular flexibility index (Phi) is 8.72. The average Bonchev–Trinajstić information content (AvgIpc) is 3.85. The van der Waals surface area contributed by atoms with Crippen LogP contribution in [0.3, 0.4) is 0 Å². The van der Waals surface area contributed by atoms with E-state index in [0.29, 0.717) is 29.6 Å². The number of aromatic nitrogens is 1. The van der Waals surface area contributed by atoms with Crippen LogP contribution in [0.15, 0.2) is 72.9 Å². The smallest absolute Gasteiger partial charge is 0.247 e. The summed E-state index contributed by atoms with van der Waals surface area (Å²) < 4.78 is 6.11. The van der Waals surface area contributed by atoms with Gasteiger partial charge < -0.3 is 20.3 Å². The molecule has 5 rings (SSSR count). The molecule has 0 radical (unpaired) electrons. The maximum Gasteiger partial charge on any atom is 0.247 e. The van der Waals surface area contributed by atoms with Crippen LogP contribution in [-0.2, 0) is 9.59 Å². The number of carbonyl (C=O) groups excluding carboxylic acids is 2. The van der Waals surface area contributed by atoms with Gasteiger partial charge in [-0.2, -0.15) is 5.26 Å². The molecule has 1 saturated carbocycles. The first kappa shape index (κ1) is 27.4. The van der Waals surface area contributed by atoms with Crippen LogP contribution in [0, 0.1) is 17.2 Å². The number of piperidine rings is 1. The third-order valence-electron chi connectivity index (χ3n) is 7.60. The number of hydrogen-bond donors (Lipinski definition) is 2. The van der Waals surface area contributed by atoms with Crippen molar-refractivity contribution < 1.29 is 14.3 Å². The number of ether oxygens (including phenoxy) is 1. The second kappa shape index (κ2) is 12.8. The highest BCUT2D eigenvalue weighted by atomic mass is 16.5. The molecule has 206 valence electrons. The summed E-state index contributed by atoms with van der Waals surface area (Å²) in [5.41, 5.74) is 2.58. The van der Waals surface area contributed by atoms with Gasteiger partial charge >= 0.3 is 0 Å². The van der Waals surface area contributed by atoms with E-state index in [4.69, 9.17) is 10.00 Å². The van der Waals surface area contributed by atoms with E-state index >= 15 is 0 Å². The molecule has 1 aromatic heterocycles. The largest absolute Gasteiger partial charge is 0.489 e. The Bertz CT molecular complexity index is 1330. The molecule has 1 aliphatic carbocycles. The molecule has 2 atom stereocenters. The van der Waals surface area contributed by atoms with Crippen LogP contribution in [0.1, 0.15) is 61.3 Å². The molecule has 2 aliphatic rings. The minimum atomic E-state index is -0.566. The van der Waals surface area contributed by atoms with E-state index in [1.807, 2.05) is 65.6 Å². The van der Waals surface area contributed by atoms with Crippen molar-refractivity contribution in [2.24, 2.45) is 5.92 Å². The van der Waals surface area contributed by atoms with Crippen molar-refractivity contribution >= 4 is 17.6 Å². The maximum atomic E-state index is 13.4. The minimum absolute atomic E-state index is 0.0512. The van der Waals surface area contributed by atoms with Crippen molar-refractivity contribution in [2.75, 3.05) is 25.0 Å². The molecule has 2 N–H and O–H groups in total. The molecule has 2 aromatic carbocycles. The van der Waals surface area contributed by atoms with E-state index in [-0.39, 0.29) is 23.8 Å². The zero-order chi connectivity index (χ0) is 27.9. The summed E-state index contributed by atoms with van der Waals surface area (Å²) in [6, 6.07) is 22.3. The maximum absolute atomic E-state index is 13.4. The van der Waals surface area contributed by atoms with Crippen LogP contribution in [0.4, 0.5) is 5.82 Å². The Balaban J connectivity index is 1.16. The van der Waals surface area contributed by atoms with Crippen molar-refractivity contribution in [3.63, 3.8) is 0 Å². The van der Waals surface area contributed by atoms with Crippen molar-refractivity contribution in [1.29, 1.82) is 5.26 Å². The number of amides is 2. The van der Waals surface area contributed by atoms with Gasteiger partial charge in [0.2, 0.25) is 11.8 Å². The molecule has 2 amide bonds. The third-order valence-corrected chi connectivity index (χ3v) is 7.60. The van der Waals surface area contributed by atoms with Gasteiger partial charge in [0.15, 0.2) is 0 Å². The lowest BCUT2D eigenvalue weighted by Crippen LogP contribution is -2.42. The normalized spacial score (nSPS) is 16.9. The number of nitrogens with zero attached hydrogens (tertiary/aromatic N) is 3. The van der Waals surface area contributed by atoms with Crippen LogP contribution in [0.25, 0.3) is 0 Å². The Morgan fingerprint density at radius 1 is 1.00 bits per heavy atom. The van der Waals surface area contributed by atoms with Gasteiger partial charge in [-0.3, -0.25) is 9.59 Å². The van der Waals surface area contributed by atoms with E-state index in [1.54, 1.807) is 12.3 Å². The molecule has 1 aliphatic heterocycles. The monoisotopic (exact) mass is 537 g/mol. The number of hydrogen-bond acceptors (Lipinski definition) is 6. The molecule has 0 unspecified atom stereocenters. The lowest BCUT2D eigenvalue weighted by molar-refractivity contribution is -0.134. The molecule has 0 bridgehead atoms. The topological polar surface area (TPSA) is 107 Å². The first-order chi connectivity index (χ1) is 19.5. The number of nitriles is 1. The summed E-state index contributed by atoms with van der Waals surface area (Å²) >= 11 is 0. The van der Waals surface area contributed by atoms with E-state index in [1.165, 1.54) is 0 Å². The third kappa shape index (κ3) is 7.04. The molecule has 1 saturated heterocycles. The fourth-order valence-corrected chi connectivity index (χ4v) is 5.00. The first-order valence-corrected chi connectivity index (χ1v) is 14.0. The number of likely N-dealkylation sites (tertiary alicyclic amines) is 1. The first-order valence-electron chi connectivity index (χ1n) is 14.0.